The van der Waals surface area contributed by atoms with Crippen LogP contribution >= 0.6 is 0 Å². The molecule has 21 heavy (non-hydrogen) atoms. The first-order chi connectivity index (χ1) is 10.2. The molecule has 0 bridgehead atoms. The molecule has 0 radical (unpaired) electrons. The summed E-state index contributed by atoms with van der Waals surface area (Å²) in [4.78, 5) is 13.9. The van der Waals surface area contributed by atoms with Crippen molar-refractivity contribution in [3.05, 3.63) is 48.0 Å². The number of fused-ring (bicyclic) bond motifs is 1. The van der Waals surface area contributed by atoms with Crippen molar-refractivity contribution in [2.75, 3.05) is 19.6 Å². The third-order valence-corrected chi connectivity index (χ3v) is 4.37. The monoisotopic (exact) mass is 283 g/mol. The van der Waals surface area contributed by atoms with E-state index in [1.54, 1.807) is 0 Å². The molecule has 1 heterocycles. The molecule has 110 valence electrons. The second kappa shape index (κ2) is 5.84. The lowest BCUT2D eigenvalue weighted by Crippen LogP contribution is -2.57. The highest BCUT2D eigenvalue weighted by Gasteiger charge is 2.30. The normalized spacial score (nSPS) is 21.3. The molecule has 2 aromatic rings. The van der Waals surface area contributed by atoms with E-state index >= 15 is 0 Å². The average molecular weight is 283 g/mol. The zero-order valence-corrected chi connectivity index (χ0v) is 12.3. The molecule has 0 saturated carbocycles. The zero-order valence-electron chi connectivity index (χ0n) is 12.3. The summed E-state index contributed by atoms with van der Waals surface area (Å²) in [6, 6.07) is 14.8. The first kappa shape index (κ1) is 14.0. The number of nitrogens with two attached hydrogens (primary N) is 1. The summed E-state index contributed by atoms with van der Waals surface area (Å²) in [6.07, 6.45) is 0. The SMILES string of the molecule is CC(c1ccc2ccccc2c1)N1CCNCC1C(N)=O. The molecule has 1 aliphatic heterocycles. The average Bonchev–Trinajstić information content (AvgIpc) is 2.53. The first-order valence-electron chi connectivity index (χ1n) is 7.41. The molecule has 2 atom stereocenters. The van der Waals surface area contributed by atoms with Crippen LogP contribution in [0, 0.1) is 0 Å². The van der Waals surface area contributed by atoms with Gasteiger partial charge in [-0.15, -0.1) is 0 Å². The number of piperazine rings is 1. The number of hydrogen-bond donors (Lipinski definition) is 2. The van der Waals surface area contributed by atoms with Gasteiger partial charge in [0.25, 0.3) is 0 Å². The van der Waals surface area contributed by atoms with Crippen molar-refractivity contribution in [3.63, 3.8) is 0 Å². The highest BCUT2D eigenvalue weighted by molar-refractivity contribution is 5.83. The van der Waals surface area contributed by atoms with Gasteiger partial charge in [0, 0.05) is 25.7 Å². The molecule has 2 unspecified atom stereocenters. The number of primary amides is 1. The Morgan fingerprint density at radius 3 is 2.81 bits per heavy atom. The van der Waals surface area contributed by atoms with Gasteiger partial charge in [-0.3, -0.25) is 9.69 Å². The van der Waals surface area contributed by atoms with Crippen molar-refractivity contribution in [1.82, 2.24) is 10.2 Å². The molecule has 1 amide bonds. The van der Waals surface area contributed by atoms with E-state index in [4.69, 9.17) is 5.73 Å². The number of amides is 1. The van der Waals surface area contributed by atoms with E-state index in [2.05, 4.69) is 47.5 Å². The Balaban J connectivity index is 1.91. The molecule has 3 rings (SSSR count). The molecule has 0 spiro atoms. The summed E-state index contributed by atoms with van der Waals surface area (Å²) in [6.45, 7) is 4.50. The van der Waals surface area contributed by atoms with E-state index < -0.39 is 0 Å². The maximum atomic E-state index is 11.7. The van der Waals surface area contributed by atoms with E-state index in [0.29, 0.717) is 6.54 Å². The predicted molar refractivity (Wildman–Crippen MR) is 84.9 cm³/mol. The molecule has 0 aliphatic carbocycles. The number of nitrogens with zero attached hydrogens (tertiary/aromatic N) is 1. The van der Waals surface area contributed by atoms with Crippen LogP contribution in [0.1, 0.15) is 18.5 Å². The van der Waals surface area contributed by atoms with Gasteiger partial charge >= 0.3 is 0 Å². The number of carbonyl (C=O) groups excluding carboxylic acids is 1. The predicted octanol–water partition coefficient (Wildman–Crippen LogP) is 1.66. The van der Waals surface area contributed by atoms with E-state index in [1.807, 2.05) is 12.1 Å². The summed E-state index contributed by atoms with van der Waals surface area (Å²) < 4.78 is 0. The number of hydrogen-bond acceptors (Lipinski definition) is 3. The third kappa shape index (κ3) is 2.77. The largest absolute Gasteiger partial charge is 0.368 e. The van der Waals surface area contributed by atoms with Gasteiger partial charge in [-0.1, -0.05) is 36.4 Å². The standard InChI is InChI=1S/C17H21N3O/c1-12(20-9-8-19-11-16(20)17(18)21)14-7-6-13-4-2-3-5-15(13)10-14/h2-7,10,12,16,19H,8-9,11H2,1H3,(H2,18,21). The topological polar surface area (TPSA) is 58.4 Å². The Bertz CT molecular complexity index is 655. The van der Waals surface area contributed by atoms with Crippen molar-refractivity contribution in [3.8, 4) is 0 Å². The fourth-order valence-corrected chi connectivity index (χ4v) is 3.11. The van der Waals surface area contributed by atoms with E-state index in [9.17, 15) is 4.79 Å². The molecule has 4 nitrogen and oxygen atoms in total. The fraction of sp³-hybridized carbons (Fsp3) is 0.353. The minimum absolute atomic E-state index is 0.175. The summed E-state index contributed by atoms with van der Waals surface area (Å²) in [5, 5.41) is 5.71. The molecule has 0 aromatic heterocycles. The molecule has 1 fully saturated rings. The number of benzene rings is 2. The molecular formula is C17H21N3O. The Morgan fingerprint density at radius 2 is 2.05 bits per heavy atom. The molecule has 1 aliphatic rings. The van der Waals surface area contributed by atoms with Crippen LogP contribution in [0.2, 0.25) is 0 Å². The minimum atomic E-state index is -0.255. The van der Waals surface area contributed by atoms with Crippen LogP contribution in [-0.4, -0.2) is 36.5 Å². The van der Waals surface area contributed by atoms with E-state index in [-0.39, 0.29) is 18.0 Å². The quantitative estimate of drug-likeness (QED) is 0.900. The van der Waals surface area contributed by atoms with Gasteiger partial charge < -0.3 is 11.1 Å². The lowest BCUT2D eigenvalue weighted by Gasteiger charge is -2.38. The molecular weight excluding hydrogens is 262 g/mol. The van der Waals surface area contributed by atoms with Gasteiger partial charge in [0.2, 0.25) is 5.91 Å². The Labute approximate surface area is 124 Å². The third-order valence-electron chi connectivity index (χ3n) is 4.37. The summed E-state index contributed by atoms with van der Waals surface area (Å²) in [5.74, 6) is -0.255. The van der Waals surface area contributed by atoms with E-state index in [0.717, 1.165) is 13.1 Å². The maximum absolute atomic E-state index is 11.7. The van der Waals surface area contributed by atoms with Crippen LogP contribution in [-0.2, 0) is 4.79 Å². The van der Waals surface area contributed by atoms with Gasteiger partial charge in [-0.05, 0) is 29.3 Å². The van der Waals surface area contributed by atoms with Crippen LogP contribution < -0.4 is 11.1 Å². The van der Waals surface area contributed by atoms with Crippen molar-refractivity contribution in [2.45, 2.75) is 19.0 Å². The molecule has 1 saturated heterocycles. The highest BCUT2D eigenvalue weighted by Crippen LogP contribution is 2.26. The summed E-state index contributed by atoms with van der Waals surface area (Å²) in [5.41, 5.74) is 6.77. The first-order valence-corrected chi connectivity index (χ1v) is 7.41. The highest BCUT2D eigenvalue weighted by atomic mass is 16.1. The Morgan fingerprint density at radius 1 is 1.29 bits per heavy atom. The van der Waals surface area contributed by atoms with Crippen molar-refractivity contribution in [1.29, 1.82) is 0 Å². The number of carbonyl (C=O) groups is 1. The van der Waals surface area contributed by atoms with Crippen LogP contribution in [0.25, 0.3) is 10.8 Å². The Kier molecular flexibility index (Phi) is 3.90. The lowest BCUT2D eigenvalue weighted by atomic mass is 9.99. The maximum Gasteiger partial charge on any atom is 0.236 e. The van der Waals surface area contributed by atoms with Gasteiger partial charge in [0.1, 0.15) is 6.04 Å². The van der Waals surface area contributed by atoms with Crippen molar-refractivity contribution >= 4 is 16.7 Å². The summed E-state index contributed by atoms with van der Waals surface area (Å²) >= 11 is 0. The lowest BCUT2D eigenvalue weighted by molar-refractivity contribution is -0.124. The number of rotatable bonds is 3. The molecule has 4 heteroatoms. The van der Waals surface area contributed by atoms with E-state index in [1.165, 1.54) is 16.3 Å². The van der Waals surface area contributed by atoms with Crippen LogP contribution in [0.5, 0.6) is 0 Å². The van der Waals surface area contributed by atoms with Crippen LogP contribution in [0.3, 0.4) is 0 Å². The fourth-order valence-electron chi connectivity index (χ4n) is 3.11. The van der Waals surface area contributed by atoms with Gasteiger partial charge in [0.05, 0.1) is 0 Å². The van der Waals surface area contributed by atoms with Gasteiger partial charge in [0.15, 0.2) is 0 Å². The molecule has 2 aromatic carbocycles. The second-order valence-corrected chi connectivity index (χ2v) is 5.64. The zero-order chi connectivity index (χ0) is 14.8. The van der Waals surface area contributed by atoms with Crippen molar-refractivity contribution in [2.24, 2.45) is 5.73 Å². The second-order valence-electron chi connectivity index (χ2n) is 5.64. The number of nitrogens with one attached hydrogen (secondary N) is 1. The van der Waals surface area contributed by atoms with Gasteiger partial charge in [-0.25, -0.2) is 0 Å². The van der Waals surface area contributed by atoms with Gasteiger partial charge in [-0.2, -0.15) is 0 Å². The molecule has 3 N–H and O–H groups in total. The summed E-state index contributed by atoms with van der Waals surface area (Å²) in [7, 11) is 0. The van der Waals surface area contributed by atoms with Crippen LogP contribution in [0.15, 0.2) is 42.5 Å². The van der Waals surface area contributed by atoms with Crippen molar-refractivity contribution < 1.29 is 4.79 Å². The smallest absolute Gasteiger partial charge is 0.236 e. The van der Waals surface area contributed by atoms with Crippen LogP contribution in [0.4, 0.5) is 0 Å². The minimum Gasteiger partial charge on any atom is -0.368 e. The Hall–Kier alpha value is -1.91.